The third-order valence-corrected chi connectivity index (χ3v) is 4.37. The van der Waals surface area contributed by atoms with E-state index in [1.165, 1.54) is 10.6 Å². The van der Waals surface area contributed by atoms with Gasteiger partial charge in [-0.1, -0.05) is 18.2 Å². The molecule has 0 aliphatic carbocycles. The van der Waals surface area contributed by atoms with Gasteiger partial charge in [-0.2, -0.15) is 5.10 Å². The Hall–Kier alpha value is -2.51. The lowest BCUT2D eigenvalue weighted by Crippen LogP contribution is -2.30. The fourth-order valence-electron chi connectivity index (χ4n) is 3.22. The second-order valence-corrected chi connectivity index (χ2v) is 6.44. The second kappa shape index (κ2) is 7.39. The highest BCUT2D eigenvalue weighted by Crippen LogP contribution is 2.20. The van der Waals surface area contributed by atoms with Crippen LogP contribution in [0.4, 0.5) is 4.39 Å². The molecule has 1 atom stereocenters. The van der Waals surface area contributed by atoms with E-state index in [-0.39, 0.29) is 31.1 Å². The van der Waals surface area contributed by atoms with Gasteiger partial charge in [0.05, 0.1) is 31.6 Å². The van der Waals surface area contributed by atoms with Gasteiger partial charge in [0.2, 0.25) is 0 Å². The van der Waals surface area contributed by atoms with Crippen LogP contribution in [-0.2, 0) is 24.9 Å². The van der Waals surface area contributed by atoms with E-state index in [1.807, 2.05) is 13.8 Å². The second-order valence-electron chi connectivity index (χ2n) is 6.44. The molecule has 1 unspecified atom stereocenters. The van der Waals surface area contributed by atoms with Gasteiger partial charge in [0.15, 0.2) is 0 Å². The first kappa shape index (κ1) is 18.3. The predicted molar refractivity (Wildman–Crippen MR) is 96.5 cm³/mol. The number of nitrogens with zero attached hydrogens (tertiary/aromatic N) is 3. The number of hydrogen-bond acceptors (Lipinski definition) is 4. The van der Waals surface area contributed by atoms with Gasteiger partial charge in [-0.3, -0.25) is 14.0 Å². The molecule has 7 heteroatoms. The van der Waals surface area contributed by atoms with Gasteiger partial charge in [0, 0.05) is 24.1 Å². The minimum Gasteiger partial charge on any atom is -0.389 e. The zero-order chi connectivity index (χ0) is 18.8. The summed E-state index contributed by atoms with van der Waals surface area (Å²) in [5, 5.41) is 15.6. The molecule has 0 saturated carbocycles. The van der Waals surface area contributed by atoms with Gasteiger partial charge in [0.1, 0.15) is 11.5 Å². The molecule has 1 aromatic carbocycles. The number of halogens is 1. The molecule has 3 aromatic rings. The Kier molecular flexibility index (Phi) is 5.20. The molecule has 0 fully saturated rings. The van der Waals surface area contributed by atoms with Gasteiger partial charge in [0.25, 0.3) is 5.56 Å². The van der Waals surface area contributed by atoms with Crippen LogP contribution in [-0.4, -0.2) is 32.2 Å². The monoisotopic (exact) mass is 359 g/mol. The van der Waals surface area contributed by atoms with E-state index >= 15 is 0 Å². The number of aromatic nitrogens is 3. The van der Waals surface area contributed by atoms with Crippen molar-refractivity contribution in [1.29, 1.82) is 0 Å². The number of hydrogen-bond donors (Lipinski definition) is 1. The topological polar surface area (TPSA) is 69.3 Å². The minimum atomic E-state index is -0.902. The zero-order valence-corrected chi connectivity index (χ0v) is 15.1. The fourth-order valence-corrected chi connectivity index (χ4v) is 3.22. The van der Waals surface area contributed by atoms with Crippen LogP contribution >= 0.6 is 0 Å². The molecule has 0 radical (unpaired) electrons. The van der Waals surface area contributed by atoms with Crippen molar-refractivity contribution in [3.63, 3.8) is 0 Å². The smallest absolute Gasteiger partial charge is 0.252 e. The molecule has 2 aromatic heterocycles. The Morgan fingerprint density at radius 1 is 1.31 bits per heavy atom. The molecule has 0 saturated heterocycles. The van der Waals surface area contributed by atoms with Crippen molar-refractivity contribution in [2.24, 2.45) is 7.05 Å². The highest BCUT2D eigenvalue weighted by atomic mass is 19.1. The molecule has 1 N–H and O–H groups in total. The number of benzene rings is 1. The molecule has 0 aliphatic rings. The molecule has 6 nitrogen and oxygen atoms in total. The maximum Gasteiger partial charge on any atom is 0.252 e. The Balaban J connectivity index is 1.74. The average molecular weight is 359 g/mol. The third kappa shape index (κ3) is 3.54. The first-order valence-corrected chi connectivity index (χ1v) is 8.41. The number of fused-ring (bicyclic) bond motifs is 1. The van der Waals surface area contributed by atoms with E-state index in [0.29, 0.717) is 11.2 Å². The van der Waals surface area contributed by atoms with Crippen molar-refractivity contribution in [3.8, 4) is 0 Å². The van der Waals surface area contributed by atoms with Crippen LogP contribution in [0.1, 0.15) is 16.8 Å². The van der Waals surface area contributed by atoms with Gasteiger partial charge < -0.3 is 9.84 Å². The molecule has 0 amide bonds. The summed E-state index contributed by atoms with van der Waals surface area (Å²) in [6.45, 7) is 3.89. The Labute approximate surface area is 150 Å². The van der Waals surface area contributed by atoms with Crippen LogP contribution in [0.3, 0.4) is 0 Å². The predicted octanol–water partition coefficient (Wildman–Crippen LogP) is 2.07. The molecule has 0 aliphatic heterocycles. The quantitative estimate of drug-likeness (QED) is 0.732. The van der Waals surface area contributed by atoms with Crippen molar-refractivity contribution in [1.82, 2.24) is 14.3 Å². The zero-order valence-electron chi connectivity index (χ0n) is 15.1. The van der Waals surface area contributed by atoms with E-state index in [4.69, 9.17) is 4.74 Å². The van der Waals surface area contributed by atoms with Crippen molar-refractivity contribution in [2.45, 2.75) is 33.1 Å². The normalized spacial score (nSPS) is 12.7. The molecule has 2 heterocycles. The Morgan fingerprint density at radius 2 is 2.04 bits per heavy atom. The van der Waals surface area contributed by atoms with Crippen LogP contribution in [0.2, 0.25) is 0 Å². The molecular weight excluding hydrogens is 337 g/mol. The van der Waals surface area contributed by atoms with Crippen LogP contribution in [0, 0.1) is 19.7 Å². The summed E-state index contributed by atoms with van der Waals surface area (Å²) in [6, 6.07) is 7.88. The lowest BCUT2D eigenvalue weighted by molar-refractivity contribution is 0.0194. The van der Waals surface area contributed by atoms with Gasteiger partial charge >= 0.3 is 0 Å². The standard InChI is InChI=1S/C19H22FN3O3/c1-12-8-17(25)23(19-18(12)13(2)21-22(19)3)9-15(24)11-26-10-14-6-4-5-7-16(14)20/h4-8,15,24H,9-11H2,1-3H3. The average Bonchev–Trinajstić information content (AvgIpc) is 2.88. The first-order chi connectivity index (χ1) is 12.4. The van der Waals surface area contributed by atoms with E-state index in [2.05, 4.69) is 5.10 Å². The summed E-state index contributed by atoms with van der Waals surface area (Å²) in [4.78, 5) is 12.4. The third-order valence-electron chi connectivity index (χ3n) is 4.37. The summed E-state index contributed by atoms with van der Waals surface area (Å²) in [6.07, 6.45) is -0.902. The van der Waals surface area contributed by atoms with E-state index in [1.54, 1.807) is 36.0 Å². The number of rotatable bonds is 6. The number of pyridine rings is 1. The molecule has 26 heavy (non-hydrogen) atoms. The lowest BCUT2D eigenvalue weighted by Gasteiger charge is -2.15. The maximum absolute atomic E-state index is 13.6. The maximum atomic E-state index is 13.6. The van der Waals surface area contributed by atoms with Crippen LogP contribution in [0.15, 0.2) is 35.1 Å². The van der Waals surface area contributed by atoms with Crippen molar-refractivity contribution in [2.75, 3.05) is 6.61 Å². The van der Waals surface area contributed by atoms with Crippen molar-refractivity contribution >= 4 is 11.0 Å². The summed E-state index contributed by atoms with van der Waals surface area (Å²) in [5.41, 5.74) is 2.58. The van der Waals surface area contributed by atoms with Crippen LogP contribution in [0.25, 0.3) is 11.0 Å². The summed E-state index contributed by atoms with van der Waals surface area (Å²) in [7, 11) is 1.77. The highest BCUT2D eigenvalue weighted by molar-refractivity contribution is 5.82. The SMILES string of the molecule is Cc1cc(=O)n(CC(O)COCc2ccccc2F)c2c1c(C)nn2C. The van der Waals surface area contributed by atoms with E-state index < -0.39 is 6.10 Å². The molecule has 3 rings (SSSR count). The fraction of sp³-hybridized carbons (Fsp3) is 0.368. The van der Waals surface area contributed by atoms with Crippen molar-refractivity contribution < 1.29 is 14.2 Å². The van der Waals surface area contributed by atoms with Crippen LogP contribution < -0.4 is 5.56 Å². The summed E-state index contributed by atoms with van der Waals surface area (Å²) < 4.78 is 22.1. The Bertz CT molecular complexity index is 994. The largest absolute Gasteiger partial charge is 0.389 e. The van der Waals surface area contributed by atoms with Gasteiger partial charge in [-0.15, -0.1) is 0 Å². The number of aliphatic hydroxyl groups is 1. The lowest BCUT2D eigenvalue weighted by atomic mass is 10.1. The minimum absolute atomic E-state index is 0.00697. The molecule has 0 spiro atoms. The summed E-state index contributed by atoms with van der Waals surface area (Å²) >= 11 is 0. The van der Waals surface area contributed by atoms with Gasteiger partial charge in [-0.05, 0) is 25.5 Å². The van der Waals surface area contributed by atoms with E-state index in [9.17, 15) is 14.3 Å². The number of aryl methyl sites for hydroxylation is 3. The van der Waals surface area contributed by atoms with Crippen LogP contribution in [0.5, 0.6) is 0 Å². The van der Waals surface area contributed by atoms with Crippen molar-refractivity contribution in [3.05, 3.63) is 63.3 Å². The van der Waals surface area contributed by atoms with E-state index in [0.717, 1.165) is 16.6 Å². The molecule has 138 valence electrons. The summed E-state index contributed by atoms with van der Waals surface area (Å²) in [5.74, 6) is -0.344. The Morgan fingerprint density at radius 3 is 2.77 bits per heavy atom. The number of aliphatic hydroxyl groups excluding tert-OH is 1. The molecular formula is C19H22FN3O3. The molecule has 0 bridgehead atoms. The first-order valence-electron chi connectivity index (χ1n) is 8.41. The van der Waals surface area contributed by atoms with Gasteiger partial charge in [-0.25, -0.2) is 4.39 Å². The number of ether oxygens (including phenoxy) is 1. The highest BCUT2D eigenvalue weighted by Gasteiger charge is 2.16.